The predicted octanol–water partition coefficient (Wildman–Crippen LogP) is 2.27. The first-order valence-electron chi connectivity index (χ1n) is 9.56. The molecule has 2 fully saturated rings. The quantitative estimate of drug-likeness (QED) is 0.704. The topological polar surface area (TPSA) is 119 Å². The van der Waals surface area contributed by atoms with Crippen LogP contribution in [0.4, 0.5) is 17.6 Å². The van der Waals surface area contributed by atoms with Gasteiger partial charge in [0, 0.05) is 30.7 Å². The Bertz CT molecular complexity index is 963. The number of nitrogens with zero attached hydrogens (tertiary/aromatic N) is 6. The number of nitrogens with one attached hydrogen (secondary N) is 1. The summed E-state index contributed by atoms with van der Waals surface area (Å²) in [7, 11) is 1.88. The number of nitrogen functional groups attached to an aromatic ring is 1. The molecule has 0 aliphatic carbocycles. The third kappa shape index (κ3) is 3.18. The molecule has 0 spiro atoms. The number of benzene rings is 1. The average molecular weight is 378 g/mol. The van der Waals surface area contributed by atoms with Crippen LogP contribution in [0.2, 0.25) is 0 Å². The van der Waals surface area contributed by atoms with E-state index in [2.05, 4.69) is 30.4 Å². The maximum Gasteiger partial charge on any atom is 0.240 e. The van der Waals surface area contributed by atoms with Crippen molar-refractivity contribution in [1.82, 2.24) is 30.4 Å². The molecule has 0 saturated carbocycles. The summed E-state index contributed by atoms with van der Waals surface area (Å²) in [6.07, 6.45) is 4.50. The Kier molecular flexibility index (Phi) is 4.16. The second-order valence-corrected chi connectivity index (χ2v) is 7.47. The van der Waals surface area contributed by atoms with E-state index in [9.17, 15) is 0 Å². The number of hydrogen-bond donors (Lipinski definition) is 2. The molecule has 3 atom stereocenters. The van der Waals surface area contributed by atoms with Crippen LogP contribution in [0.1, 0.15) is 37.5 Å². The summed E-state index contributed by atoms with van der Waals surface area (Å²) in [5.74, 6) is 2.15. The standard InChI is InChI=1S/C19H22N8O/c1-27(14-5-3-2-4-6-14)19-24-15(23-18(20)25-19)16-22-17(28-26-16)11-9-12-7-8-13(10-11)21-12/h2-6,11-13,21H,7-10H2,1H3,(H2,20,23,24,25)/t11?,12-,13?/m1/s1. The van der Waals surface area contributed by atoms with Gasteiger partial charge in [0.1, 0.15) is 0 Å². The zero-order chi connectivity index (χ0) is 19.1. The van der Waals surface area contributed by atoms with E-state index in [1.54, 1.807) is 0 Å². The number of anilines is 3. The Balaban J connectivity index is 1.42. The highest BCUT2D eigenvalue weighted by Gasteiger charge is 2.36. The van der Waals surface area contributed by atoms with Gasteiger partial charge in [-0.2, -0.15) is 19.9 Å². The van der Waals surface area contributed by atoms with Crippen molar-refractivity contribution in [2.24, 2.45) is 0 Å². The second-order valence-electron chi connectivity index (χ2n) is 7.47. The molecule has 9 heteroatoms. The highest BCUT2D eigenvalue weighted by Crippen LogP contribution is 2.37. The summed E-state index contributed by atoms with van der Waals surface area (Å²) in [4.78, 5) is 19.4. The third-order valence-corrected chi connectivity index (χ3v) is 5.55. The molecule has 3 aromatic rings. The number of fused-ring (bicyclic) bond motifs is 2. The molecule has 2 saturated heterocycles. The molecule has 0 radical (unpaired) electrons. The van der Waals surface area contributed by atoms with Gasteiger partial charge in [-0.1, -0.05) is 23.4 Å². The van der Waals surface area contributed by atoms with Crippen LogP contribution in [0, 0.1) is 0 Å². The Morgan fingerprint density at radius 3 is 2.50 bits per heavy atom. The Hall–Kier alpha value is -3.07. The van der Waals surface area contributed by atoms with Gasteiger partial charge < -0.3 is 20.5 Å². The van der Waals surface area contributed by atoms with Gasteiger partial charge in [-0.15, -0.1) is 0 Å². The molecule has 1 aromatic carbocycles. The molecule has 3 N–H and O–H groups in total. The molecule has 2 bridgehead atoms. The number of hydrogen-bond acceptors (Lipinski definition) is 9. The predicted molar refractivity (Wildman–Crippen MR) is 104 cm³/mol. The molecule has 2 aliphatic heterocycles. The number of nitrogens with two attached hydrogens (primary N) is 1. The van der Waals surface area contributed by atoms with Gasteiger partial charge >= 0.3 is 0 Å². The van der Waals surface area contributed by atoms with E-state index < -0.39 is 0 Å². The first-order valence-corrected chi connectivity index (χ1v) is 9.56. The number of aromatic nitrogens is 5. The highest BCUT2D eigenvalue weighted by atomic mass is 16.5. The van der Waals surface area contributed by atoms with E-state index >= 15 is 0 Å². The number of rotatable bonds is 4. The Morgan fingerprint density at radius 2 is 1.75 bits per heavy atom. The van der Waals surface area contributed by atoms with Crippen molar-refractivity contribution >= 4 is 17.6 Å². The van der Waals surface area contributed by atoms with Crippen molar-refractivity contribution in [2.45, 2.75) is 43.7 Å². The van der Waals surface area contributed by atoms with Crippen molar-refractivity contribution in [3.8, 4) is 11.6 Å². The van der Waals surface area contributed by atoms with Gasteiger partial charge in [-0.05, 0) is 37.8 Å². The van der Waals surface area contributed by atoms with Gasteiger partial charge in [-0.3, -0.25) is 0 Å². The second kappa shape index (κ2) is 6.83. The molecule has 5 rings (SSSR count). The van der Waals surface area contributed by atoms with Crippen LogP contribution in [-0.2, 0) is 0 Å². The van der Waals surface area contributed by atoms with Crippen molar-refractivity contribution in [3.05, 3.63) is 36.2 Å². The fraction of sp³-hybridized carbons (Fsp3) is 0.421. The zero-order valence-electron chi connectivity index (χ0n) is 15.6. The lowest BCUT2D eigenvalue weighted by molar-refractivity contribution is 0.287. The maximum absolute atomic E-state index is 5.92. The normalized spacial score (nSPS) is 23.7. The molecule has 9 nitrogen and oxygen atoms in total. The van der Waals surface area contributed by atoms with Crippen molar-refractivity contribution in [1.29, 1.82) is 0 Å². The van der Waals surface area contributed by atoms with Crippen molar-refractivity contribution in [2.75, 3.05) is 17.7 Å². The van der Waals surface area contributed by atoms with Gasteiger partial charge in [0.05, 0.1) is 0 Å². The Morgan fingerprint density at radius 1 is 1.00 bits per heavy atom. The van der Waals surface area contributed by atoms with E-state index in [4.69, 9.17) is 10.3 Å². The minimum atomic E-state index is 0.119. The lowest BCUT2D eigenvalue weighted by Crippen LogP contribution is -2.37. The minimum Gasteiger partial charge on any atom is -0.368 e. The fourth-order valence-electron chi connectivity index (χ4n) is 4.15. The van der Waals surface area contributed by atoms with E-state index in [0.717, 1.165) is 18.5 Å². The highest BCUT2D eigenvalue weighted by molar-refractivity contribution is 5.58. The summed E-state index contributed by atoms with van der Waals surface area (Å²) < 4.78 is 5.56. The number of para-hydroxylation sites is 1. The van der Waals surface area contributed by atoms with Gasteiger partial charge in [0.15, 0.2) is 0 Å². The molecule has 2 aliphatic rings. The molecule has 2 aromatic heterocycles. The lowest BCUT2D eigenvalue weighted by Gasteiger charge is -2.26. The Labute approximate surface area is 162 Å². The van der Waals surface area contributed by atoms with Gasteiger partial charge in [-0.25, -0.2) is 0 Å². The summed E-state index contributed by atoms with van der Waals surface area (Å²) in [5.41, 5.74) is 6.87. The third-order valence-electron chi connectivity index (χ3n) is 5.55. The van der Waals surface area contributed by atoms with Crippen LogP contribution in [-0.4, -0.2) is 44.2 Å². The van der Waals surface area contributed by atoms with E-state index in [1.807, 2.05) is 42.3 Å². The summed E-state index contributed by atoms with van der Waals surface area (Å²) in [5, 5.41) is 7.74. The largest absolute Gasteiger partial charge is 0.368 e. The zero-order valence-corrected chi connectivity index (χ0v) is 15.6. The first kappa shape index (κ1) is 17.1. The monoisotopic (exact) mass is 378 g/mol. The first-order chi connectivity index (χ1) is 13.7. The van der Waals surface area contributed by atoms with E-state index in [-0.39, 0.29) is 11.9 Å². The summed E-state index contributed by atoms with van der Waals surface area (Å²) in [6.45, 7) is 0. The van der Waals surface area contributed by atoms with Crippen LogP contribution >= 0.6 is 0 Å². The van der Waals surface area contributed by atoms with Crippen LogP contribution in [0.15, 0.2) is 34.9 Å². The molecular weight excluding hydrogens is 356 g/mol. The van der Waals surface area contributed by atoms with Crippen LogP contribution in [0.3, 0.4) is 0 Å². The molecular formula is C19H22N8O. The maximum atomic E-state index is 5.92. The molecule has 0 amide bonds. The average Bonchev–Trinajstić information content (AvgIpc) is 3.34. The molecule has 4 heterocycles. The van der Waals surface area contributed by atoms with Gasteiger partial charge in [0.25, 0.3) is 0 Å². The van der Waals surface area contributed by atoms with Crippen LogP contribution in [0.25, 0.3) is 11.6 Å². The molecule has 28 heavy (non-hydrogen) atoms. The van der Waals surface area contributed by atoms with Crippen molar-refractivity contribution in [3.63, 3.8) is 0 Å². The SMILES string of the molecule is CN(c1ccccc1)c1nc(N)nc(-c2noc(C3CC4CC[C@H](C3)N4)n2)n1. The minimum absolute atomic E-state index is 0.119. The lowest BCUT2D eigenvalue weighted by atomic mass is 9.92. The smallest absolute Gasteiger partial charge is 0.240 e. The van der Waals surface area contributed by atoms with Gasteiger partial charge in [0.2, 0.25) is 29.4 Å². The molecule has 2 unspecified atom stereocenters. The van der Waals surface area contributed by atoms with Crippen molar-refractivity contribution < 1.29 is 4.52 Å². The van der Waals surface area contributed by atoms with Crippen LogP contribution in [0.5, 0.6) is 0 Å². The van der Waals surface area contributed by atoms with E-state index in [0.29, 0.717) is 35.6 Å². The molecule has 144 valence electrons. The number of piperidine rings is 1. The van der Waals surface area contributed by atoms with E-state index in [1.165, 1.54) is 12.8 Å². The van der Waals surface area contributed by atoms with Crippen LogP contribution < -0.4 is 16.0 Å². The summed E-state index contributed by atoms with van der Waals surface area (Å²) >= 11 is 0. The summed E-state index contributed by atoms with van der Waals surface area (Å²) in [6, 6.07) is 10.9. The fourth-order valence-corrected chi connectivity index (χ4v) is 4.15.